The molecule has 0 aliphatic rings. The minimum atomic E-state index is -1.56. The summed E-state index contributed by atoms with van der Waals surface area (Å²) in [7, 11) is 0. The molecule has 0 spiro atoms. The molecule has 0 saturated carbocycles. The van der Waals surface area contributed by atoms with E-state index in [1.165, 1.54) is 0 Å². The van der Waals surface area contributed by atoms with Gasteiger partial charge in [0.2, 0.25) is 0 Å². The predicted octanol–water partition coefficient (Wildman–Crippen LogP) is -2.65. The van der Waals surface area contributed by atoms with Crippen molar-refractivity contribution in [2.45, 2.75) is 24.4 Å². The molecule has 6 heteroatoms. The second-order valence-corrected chi connectivity index (χ2v) is 2.85. The fraction of sp³-hybridized carbons (Fsp3) is 1.00. The van der Waals surface area contributed by atoms with Crippen LogP contribution in [0.4, 0.5) is 0 Å². The molecular formula is C6H14O5S. The maximum Gasteiger partial charge on any atom is 0.111 e. The third-order valence-corrected chi connectivity index (χ3v) is 1.89. The first-order chi connectivity index (χ1) is 5.54. The molecule has 0 saturated heterocycles. The van der Waals surface area contributed by atoms with Crippen molar-refractivity contribution in [3.63, 3.8) is 0 Å². The van der Waals surface area contributed by atoms with Gasteiger partial charge in [0.15, 0.2) is 0 Å². The van der Waals surface area contributed by atoms with Crippen LogP contribution in [-0.4, -0.2) is 62.3 Å². The van der Waals surface area contributed by atoms with Gasteiger partial charge in [-0.05, 0) is 0 Å². The van der Waals surface area contributed by atoms with Crippen LogP contribution >= 0.6 is 12.6 Å². The van der Waals surface area contributed by atoms with Crippen LogP contribution in [0.5, 0.6) is 0 Å². The zero-order valence-corrected chi connectivity index (χ0v) is 7.30. The van der Waals surface area contributed by atoms with Gasteiger partial charge in [0, 0.05) is 5.75 Å². The first kappa shape index (κ1) is 12.2. The summed E-state index contributed by atoms with van der Waals surface area (Å²) in [6.07, 6.45) is -5.72. The lowest BCUT2D eigenvalue weighted by Crippen LogP contribution is -2.46. The van der Waals surface area contributed by atoms with Crippen molar-refractivity contribution >= 4 is 12.6 Å². The molecule has 12 heavy (non-hydrogen) atoms. The first-order valence-corrected chi connectivity index (χ1v) is 4.11. The molecule has 0 rings (SSSR count). The van der Waals surface area contributed by atoms with Crippen molar-refractivity contribution in [2.24, 2.45) is 0 Å². The molecule has 0 fully saturated rings. The van der Waals surface area contributed by atoms with Crippen LogP contribution in [0.3, 0.4) is 0 Å². The smallest absolute Gasteiger partial charge is 0.111 e. The molecule has 0 aromatic carbocycles. The van der Waals surface area contributed by atoms with Crippen LogP contribution < -0.4 is 0 Å². The lowest BCUT2D eigenvalue weighted by molar-refractivity contribution is -0.109. The molecular weight excluding hydrogens is 184 g/mol. The highest BCUT2D eigenvalue weighted by molar-refractivity contribution is 7.80. The van der Waals surface area contributed by atoms with Gasteiger partial charge < -0.3 is 25.5 Å². The summed E-state index contributed by atoms with van der Waals surface area (Å²) in [5.74, 6) is -0.0314. The quantitative estimate of drug-likeness (QED) is 0.271. The van der Waals surface area contributed by atoms with E-state index < -0.39 is 31.0 Å². The minimum Gasteiger partial charge on any atom is -0.394 e. The van der Waals surface area contributed by atoms with E-state index in [0.717, 1.165) is 0 Å². The molecule has 74 valence electrons. The molecule has 0 amide bonds. The normalized spacial score (nSPS) is 21.5. The van der Waals surface area contributed by atoms with E-state index in [4.69, 9.17) is 25.5 Å². The Morgan fingerprint density at radius 3 is 1.67 bits per heavy atom. The summed E-state index contributed by atoms with van der Waals surface area (Å²) >= 11 is 3.68. The highest BCUT2D eigenvalue weighted by Gasteiger charge is 2.28. The molecule has 0 aromatic rings. The van der Waals surface area contributed by atoms with E-state index in [-0.39, 0.29) is 5.75 Å². The second-order valence-electron chi connectivity index (χ2n) is 2.48. The Morgan fingerprint density at radius 1 is 0.917 bits per heavy atom. The largest absolute Gasteiger partial charge is 0.394 e. The lowest BCUT2D eigenvalue weighted by Gasteiger charge is -2.24. The van der Waals surface area contributed by atoms with Crippen LogP contribution in [0.25, 0.3) is 0 Å². The highest BCUT2D eigenvalue weighted by Crippen LogP contribution is 2.05. The van der Waals surface area contributed by atoms with Crippen molar-refractivity contribution in [1.29, 1.82) is 0 Å². The van der Waals surface area contributed by atoms with E-state index in [2.05, 4.69) is 12.6 Å². The number of hydrogen-bond donors (Lipinski definition) is 6. The van der Waals surface area contributed by atoms with Gasteiger partial charge in [0.05, 0.1) is 12.7 Å². The van der Waals surface area contributed by atoms with Crippen molar-refractivity contribution in [1.82, 2.24) is 0 Å². The molecule has 0 unspecified atom stereocenters. The summed E-state index contributed by atoms with van der Waals surface area (Å²) in [6.45, 7) is -0.669. The summed E-state index contributed by atoms with van der Waals surface area (Å²) in [5, 5.41) is 44.3. The fourth-order valence-electron chi connectivity index (χ4n) is 0.671. The number of thiol groups is 1. The average Bonchev–Trinajstić information content (AvgIpc) is 2.12. The Labute approximate surface area is 75.7 Å². The maximum atomic E-state index is 9.07. The van der Waals surface area contributed by atoms with Crippen LogP contribution in [0.1, 0.15) is 0 Å². The van der Waals surface area contributed by atoms with Gasteiger partial charge in [-0.25, -0.2) is 0 Å². The number of rotatable bonds is 5. The molecule has 0 bridgehead atoms. The zero-order chi connectivity index (χ0) is 9.72. The van der Waals surface area contributed by atoms with Crippen molar-refractivity contribution in [2.75, 3.05) is 12.4 Å². The average molecular weight is 198 g/mol. The molecule has 5 N–H and O–H groups in total. The van der Waals surface area contributed by atoms with Gasteiger partial charge in [-0.1, -0.05) is 0 Å². The zero-order valence-electron chi connectivity index (χ0n) is 6.41. The Bertz CT molecular complexity index is 109. The molecule has 0 aromatic heterocycles. The molecule has 4 atom stereocenters. The minimum absolute atomic E-state index is 0.0314. The van der Waals surface area contributed by atoms with E-state index in [1.54, 1.807) is 0 Å². The van der Waals surface area contributed by atoms with E-state index in [0.29, 0.717) is 0 Å². The lowest BCUT2D eigenvalue weighted by atomic mass is 10.0. The standard InChI is InChI=1S/C6H14O5S/c7-1-3(8)5(10)6(11)4(9)2-12/h3-12H,1-2H2/t3-,4-,5-,6-/m1/s1. The van der Waals surface area contributed by atoms with E-state index in [1.807, 2.05) is 0 Å². The van der Waals surface area contributed by atoms with Crippen LogP contribution in [0, 0.1) is 0 Å². The van der Waals surface area contributed by atoms with Gasteiger partial charge in [0.1, 0.15) is 18.3 Å². The predicted molar refractivity (Wildman–Crippen MR) is 45.0 cm³/mol. The Kier molecular flexibility index (Phi) is 5.81. The Hall–Kier alpha value is 0.150. The van der Waals surface area contributed by atoms with Crippen LogP contribution in [0.15, 0.2) is 0 Å². The summed E-state index contributed by atoms with van der Waals surface area (Å²) < 4.78 is 0. The molecule has 0 aliphatic heterocycles. The second kappa shape index (κ2) is 5.74. The van der Waals surface area contributed by atoms with E-state index in [9.17, 15) is 0 Å². The fourth-order valence-corrected chi connectivity index (χ4v) is 0.887. The summed E-state index contributed by atoms with van der Waals surface area (Å²) in [4.78, 5) is 0. The first-order valence-electron chi connectivity index (χ1n) is 3.48. The maximum absolute atomic E-state index is 9.07. The third kappa shape index (κ3) is 3.26. The number of aliphatic hydroxyl groups is 5. The van der Waals surface area contributed by atoms with Crippen LogP contribution in [-0.2, 0) is 0 Å². The van der Waals surface area contributed by atoms with Gasteiger partial charge in [-0.2, -0.15) is 12.6 Å². The molecule has 0 heterocycles. The van der Waals surface area contributed by atoms with Gasteiger partial charge in [0.25, 0.3) is 0 Å². The van der Waals surface area contributed by atoms with Crippen LogP contribution in [0.2, 0.25) is 0 Å². The monoisotopic (exact) mass is 198 g/mol. The van der Waals surface area contributed by atoms with Crippen molar-refractivity contribution in [3.8, 4) is 0 Å². The highest BCUT2D eigenvalue weighted by atomic mass is 32.1. The molecule has 5 nitrogen and oxygen atoms in total. The van der Waals surface area contributed by atoms with E-state index >= 15 is 0 Å². The summed E-state index contributed by atoms with van der Waals surface area (Å²) in [5.41, 5.74) is 0. The number of hydrogen-bond acceptors (Lipinski definition) is 6. The van der Waals surface area contributed by atoms with Crippen molar-refractivity contribution < 1.29 is 25.5 Å². The van der Waals surface area contributed by atoms with Gasteiger partial charge in [-0.3, -0.25) is 0 Å². The number of aliphatic hydroxyl groups excluding tert-OH is 5. The Morgan fingerprint density at radius 2 is 1.33 bits per heavy atom. The topological polar surface area (TPSA) is 101 Å². The van der Waals surface area contributed by atoms with Crippen molar-refractivity contribution in [3.05, 3.63) is 0 Å². The van der Waals surface area contributed by atoms with Gasteiger partial charge in [-0.15, -0.1) is 0 Å². The van der Waals surface area contributed by atoms with Gasteiger partial charge >= 0.3 is 0 Å². The third-order valence-electron chi connectivity index (χ3n) is 1.51. The SMILES string of the molecule is OC[C@@H](O)[C@@H](O)[C@H](O)[C@H](O)CS. The summed E-state index contributed by atoms with van der Waals surface area (Å²) in [6, 6.07) is 0. The molecule has 0 aliphatic carbocycles. The molecule has 0 radical (unpaired) electrons. The Balaban J connectivity index is 3.99.